The molecule has 2 aromatic carbocycles. The van der Waals surface area contributed by atoms with E-state index in [0.717, 1.165) is 0 Å². The largest absolute Gasteiger partial charge is 0.350 e. The van der Waals surface area contributed by atoms with Crippen LogP contribution in [0.15, 0.2) is 48.5 Å². The molecule has 22 heavy (non-hydrogen) atoms. The molecule has 0 aromatic heterocycles. The number of hydrogen-bond acceptors (Lipinski definition) is 2. The van der Waals surface area contributed by atoms with Crippen molar-refractivity contribution in [3.63, 3.8) is 0 Å². The second-order valence-corrected chi connectivity index (χ2v) is 5.00. The lowest BCUT2D eigenvalue weighted by molar-refractivity contribution is -0.120. The normalized spacial score (nSPS) is 10.1. The van der Waals surface area contributed by atoms with Crippen molar-refractivity contribution in [3.05, 3.63) is 70.5 Å². The van der Waals surface area contributed by atoms with Crippen molar-refractivity contribution in [2.45, 2.75) is 6.54 Å². The molecule has 0 heterocycles. The van der Waals surface area contributed by atoms with Gasteiger partial charge in [0.15, 0.2) is 0 Å². The van der Waals surface area contributed by atoms with Gasteiger partial charge in [-0.2, -0.15) is 0 Å². The quantitative estimate of drug-likeness (QED) is 0.889. The molecule has 0 spiro atoms. The molecule has 0 unspecified atom stereocenters. The Balaban J connectivity index is 1.81. The van der Waals surface area contributed by atoms with E-state index in [1.165, 1.54) is 12.1 Å². The molecule has 0 bridgehead atoms. The van der Waals surface area contributed by atoms with Crippen LogP contribution in [0.25, 0.3) is 0 Å². The molecule has 0 saturated carbocycles. The number of carbonyl (C=O) groups excluding carboxylic acids is 2. The van der Waals surface area contributed by atoms with E-state index >= 15 is 0 Å². The molecule has 0 aliphatic heterocycles. The van der Waals surface area contributed by atoms with Gasteiger partial charge in [0.05, 0.1) is 6.54 Å². The van der Waals surface area contributed by atoms with E-state index in [9.17, 15) is 14.0 Å². The van der Waals surface area contributed by atoms with E-state index < -0.39 is 11.8 Å². The highest BCUT2D eigenvalue weighted by Gasteiger charge is 2.09. The van der Waals surface area contributed by atoms with Gasteiger partial charge in [-0.15, -0.1) is 0 Å². The molecular formula is C16H14ClFN2O2. The maximum absolute atomic E-state index is 13.4. The fourth-order valence-electron chi connectivity index (χ4n) is 1.79. The van der Waals surface area contributed by atoms with E-state index in [1.807, 2.05) is 0 Å². The first-order valence-electron chi connectivity index (χ1n) is 6.60. The highest BCUT2D eigenvalue weighted by atomic mass is 35.5. The highest BCUT2D eigenvalue weighted by Crippen LogP contribution is 2.10. The number of halogens is 2. The smallest absolute Gasteiger partial charge is 0.251 e. The van der Waals surface area contributed by atoms with Gasteiger partial charge in [-0.1, -0.05) is 35.9 Å². The zero-order chi connectivity index (χ0) is 15.9. The SMILES string of the molecule is O=C(CNC(=O)c1cccc(Cl)c1)NCc1ccccc1F. The van der Waals surface area contributed by atoms with Crippen molar-refractivity contribution in [1.29, 1.82) is 0 Å². The van der Waals surface area contributed by atoms with Gasteiger partial charge in [0.2, 0.25) is 5.91 Å². The maximum Gasteiger partial charge on any atom is 0.251 e. The van der Waals surface area contributed by atoms with Crippen LogP contribution in [0.1, 0.15) is 15.9 Å². The van der Waals surface area contributed by atoms with Crippen LogP contribution in [-0.4, -0.2) is 18.4 Å². The Hall–Kier alpha value is -2.40. The molecule has 2 aromatic rings. The van der Waals surface area contributed by atoms with E-state index in [-0.39, 0.29) is 18.9 Å². The predicted octanol–water partition coefficient (Wildman–Crippen LogP) is 2.53. The van der Waals surface area contributed by atoms with E-state index in [4.69, 9.17) is 11.6 Å². The van der Waals surface area contributed by atoms with E-state index in [0.29, 0.717) is 16.1 Å². The van der Waals surface area contributed by atoms with Gasteiger partial charge in [-0.25, -0.2) is 4.39 Å². The van der Waals surface area contributed by atoms with Gasteiger partial charge < -0.3 is 10.6 Å². The monoisotopic (exact) mass is 320 g/mol. The summed E-state index contributed by atoms with van der Waals surface area (Å²) in [7, 11) is 0. The minimum absolute atomic E-state index is 0.0680. The van der Waals surface area contributed by atoms with Crippen LogP contribution in [0.3, 0.4) is 0 Å². The lowest BCUT2D eigenvalue weighted by Gasteiger charge is -2.08. The Morgan fingerprint density at radius 2 is 1.82 bits per heavy atom. The molecule has 0 fully saturated rings. The average Bonchev–Trinajstić information content (AvgIpc) is 2.52. The van der Waals surface area contributed by atoms with Crippen molar-refractivity contribution in [2.24, 2.45) is 0 Å². The van der Waals surface area contributed by atoms with Gasteiger partial charge >= 0.3 is 0 Å². The number of benzene rings is 2. The summed E-state index contributed by atoms with van der Waals surface area (Å²) >= 11 is 5.79. The van der Waals surface area contributed by atoms with Gasteiger partial charge in [-0.05, 0) is 24.3 Å². The number of amides is 2. The zero-order valence-corrected chi connectivity index (χ0v) is 12.4. The van der Waals surface area contributed by atoms with Crippen LogP contribution in [0, 0.1) is 5.82 Å². The van der Waals surface area contributed by atoms with Gasteiger partial charge in [0.1, 0.15) is 5.82 Å². The summed E-state index contributed by atoms with van der Waals surface area (Å²) in [4.78, 5) is 23.5. The lowest BCUT2D eigenvalue weighted by atomic mass is 10.2. The Bertz CT molecular complexity index is 691. The first-order chi connectivity index (χ1) is 10.6. The minimum atomic E-state index is -0.404. The molecule has 2 N–H and O–H groups in total. The fraction of sp³-hybridized carbons (Fsp3) is 0.125. The predicted molar refractivity (Wildman–Crippen MR) is 82.0 cm³/mol. The van der Waals surface area contributed by atoms with Crippen molar-refractivity contribution < 1.29 is 14.0 Å². The third-order valence-corrected chi connectivity index (χ3v) is 3.17. The first-order valence-corrected chi connectivity index (χ1v) is 6.98. The van der Waals surface area contributed by atoms with Crippen LogP contribution in [-0.2, 0) is 11.3 Å². The number of carbonyl (C=O) groups is 2. The van der Waals surface area contributed by atoms with Gasteiger partial charge in [0.25, 0.3) is 5.91 Å². The average molecular weight is 321 g/mol. The summed E-state index contributed by atoms with van der Waals surface area (Å²) in [5.74, 6) is -1.19. The van der Waals surface area contributed by atoms with E-state index in [1.54, 1.807) is 36.4 Å². The number of hydrogen-bond donors (Lipinski definition) is 2. The second-order valence-electron chi connectivity index (χ2n) is 4.56. The van der Waals surface area contributed by atoms with Crippen LogP contribution in [0.2, 0.25) is 5.02 Å². The minimum Gasteiger partial charge on any atom is -0.350 e. The summed E-state index contributed by atoms with van der Waals surface area (Å²) in [5.41, 5.74) is 0.756. The van der Waals surface area contributed by atoms with Gasteiger partial charge in [0, 0.05) is 22.7 Å². The molecular weight excluding hydrogens is 307 g/mol. The van der Waals surface area contributed by atoms with Crippen LogP contribution >= 0.6 is 11.6 Å². The topological polar surface area (TPSA) is 58.2 Å². The Kier molecular flexibility index (Phi) is 5.49. The van der Waals surface area contributed by atoms with Crippen molar-refractivity contribution in [3.8, 4) is 0 Å². The maximum atomic E-state index is 13.4. The Labute approximate surface area is 132 Å². The molecule has 0 atom stereocenters. The summed E-state index contributed by atoms with van der Waals surface area (Å²) < 4.78 is 13.4. The van der Waals surface area contributed by atoms with Crippen LogP contribution < -0.4 is 10.6 Å². The van der Waals surface area contributed by atoms with Gasteiger partial charge in [-0.3, -0.25) is 9.59 Å². The molecule has 0 aliphatic rings. The summed E-state index contributed by atoms with van der Waals surface area (Å²) in [5, 5.41) is 5.45. The van der Waals surface area contributed by atoms with Crippen LogP contribution in [0.4, 0.5) is 4.39 Å². The standard InChI is InChI=1S/C16H14ClFN2O2/c17-13-6-3-5-11(8-13)16(22)20-10-15(21)19-9-12-4-1-2-7-14(12)18/h1-8H,9-10H2,(H,19,21)(H,20,22). The van der Waals surface area contributed by atoms with E-state index in [2.05, 4.69) is 10.6 Å². The Morgan fingerprint density at radius 1 is 1.05 bits per heavy atom. The molecule has 2 amide bonds. The molecule has 0 aliphatic carbocycles. The van der Waals surface area contributed by atoms with Crippen molar-refractivity contribution in [1.82, 2.24) is 10.6 Å². The summed E-state index contributed by atoms with van der Waals surface area (Å²) in [6.45, 7) is -0.127. The molecule has 0 saturated heterocycles. The highest BCUT2D eigenvalue weighted by molar-refractivity contribution is 6.30. The van der Waals surface area contributed by atoms with Crippen molar-refractivity contribution in [2.75, 3.05) is 6.54 Å². The molecule has 6 heteroatoms. The summed E-state index contributed by atoms with van der Waals surface area (Å²) in [6, 6.07) is 12.6. The molecule has 2 rings (SSSR count). The molecule has 114 valence electrons. The van der Waals surface area contributed by atoms with Crippen LogP contribution in [0.5, 0.6) is 0 Å². The lowest BCUT2D eigenvalue weighted by Crippen LogP contribution is -2.36. The first kappa shape index (κ1) is 16.0. The second kappa shape index (κ2) is 7.56. The molecule has 0 radical (unpaired) electrons. The number of nitrogens with one attached hydrogen (secondary N) is 2. The number of rotatable bonds is 5. The summed E-state index contributed by atoms with van der Waals surface area (Å²) in [6.07, 6.45) is 0. The fourth-order valence-corrected chi connectivity index (χ4v) is 1.98. The third kappa shape index (κ3) is 4.56. The molecule has 4 nitrogen and oxygen atoms in total. The Morgan fingerprint density at radius 3 is 2.55 bits per heavy atom. The zero-order valence-electron chi connectivity index (χ0n) is 11.6. The van der Waals surface area contributed by atoms with Crippen molar-refractivity contribution >= 4 is 23.4 Å². The third-order valence-electron chi connectivity index (χ3n) is 2.93.